The lowest BCUT2D eigenvalue weighted by Gasteiger charge is -2.22. The van der Waals surface area contributed by atoms with Crippen LogP contribution in [0.3, 0.4) is 0 Å². The quantitative estimate of drug-likeness (QED) is 0.518. The highest BCUT2D eigenvalue weighted by molar-refractivity contribution is 6.19. The molecule has 1 unspecified atom stereocenters. The van der Waals surface area contributed by atoms with Crippen LogP contribution >= 0.6 is 0 Å². The maximum Gasteiger partial charge on any atom is 0.0693 e. The number of nitrogens with one attached hydrogen (secondary N) is 1. The molecule has 26 heavy (non-hydrogen) atoms. The minimum absolute atomic E-state index is 0.263. The summed E-state index contributed by atoms with van der Waals surface area (Å²) in [6, 6.07) is 22.9. The number of allylic oxidation sites excluding steroid dienone is 4. The zero-order valence-electron chi connectivity index (χ0n) is 15.5. The molecule has 0 saturated heterocycles. The molecule has 3 aromatic carbocycles. The van der Waals surface area contributed by atoms with Crippen molar-refractivity contribution in [1.29, 1.82) is 5.41 Å². The van der Waals surface area contributed by atoms with Gasteiger partial charge in [0, 0.05) is 17.0 Å². The van der Waals surface area contributed by atoms with E-state index in [0.29, 0.717) is 5.71 Å². The Kier molecular flexibility index (Phi) is 4.08. The van der Waals surface area contributed by atoms with Crippen LogP contribution in [0.4, 0.5) is 0 Å². The average molecular weight is 337 g/mol. The summed E-state index contributed by atoms with van der Waals surface area (Å²) in [5.41, 5.74) is 7.95. The summed E-state index contributed by atoms with van der Waals surface area (Å²) in [5, 5.41) is 11.3. The third-order valence-electron chi connectivity index (χ3n) is 5.54. The first-order chi connectivity index (χ1) is 12.6. The van der Waals surface area contributed by atoms with E-state index in [1.807, 2.05) is 30.3 Å². The summed E-state index contributed by atoms with van der Waals surface area (Å²) in [6.07, 6.45) is 2.28. The monoisotopic (exact) mass is 337 g/mol. The van der Waals surface area contributed by atoms with Crippen LogP contribution in [0.25, 0.3) is 10.8 Å². The minimum Gasteiger partial charge on any atom is -0.300 e. The van der Waals surface area contributed by atoms with Crippen molar-refractivity contribution in [1.82, 2.24) is 0 Å². The van der Waals surface area contributed by atoms with Gasteiger partial charge in [-0.2, -0.15) is 0 Å². The van der Waals surface area contributed by atoms with Gasteiger partial charge < -0.3 is 0 Å². The molecule has 1 atom stereocenters. The van der Waals surface area contributed by atoms with Crippen LogP contribution in [-0.2, 0) is 0 Å². The molecule has 0 aromatic heterocycles. The van der Waals surface area contributed by atoms with Crippen molar-refractivity contribution in [3.8, 4) is 0 Å². The van der Waals surface area contributed by atoms with E-state index < -0.39 is 0 Å². The third kappa shape index (κ3) is 2.61. The van der Waals surface area contributed by atoms with E-state index in [0.717, 1.165) is 16.5 Å². The van der Waals surface area contributed by atoms with Crippen molar-refractivity contribution in [3.63, 3.8) is 0 Å². The van der Waals surface area contributed by atoms with E-state index >= 15 is 0 Å². The van der Waals surface area contributed by atoms with Crippen LogP contribution in [0, 0.1) is 5.41 Å². The van der Waals surface area contributed by atoms with Gasteiger partial charge in [-0.25, -0.2) is 0 Å². The average Bonchev–Trinajstić information content (AvgIpc) is 2.93. The highest BCUT2D eigenvalue weighted by atomic mass is 14.4. The van der Waals surface area contributed by atoms with Gasteiger partial charge in [-0.1, -0.05) is 89.5 Å². The standard InChI is InChI=1S/C25H23N/c1-16-15-17(2)23(18(16)3)22-14-13-19-9-7-8-12-21(19)24(22)25(26)20-10-5-4-6-11-20/h4-15,23,26H,1-3H3. The molecule has 1 N–H and O–H groups in total. The Hall–Kier alpha value is -2.93. The summed E-state index contributed by atoms with van der Waals surface area (Å²) in [6.45, 7) is 6.61. The lowest BCUT2D eigenvalue weighted by Crippen LogP contribution is -2.11. The van der Waals surface area contributed by atoms with E-state index in [1.165, 1.54) is 27.7 Å². The molecule has 4 rings (SSSR count). The number of fused-ring (bicyclic) bond motifs is 1. The maximum atomic E-state index is 9.00. The van der Waals surface area contributed by atoms with Gasteiger partial charge in [-0.15, -0.1) is 0 Å². The molecule has 0 amide bonds. The van der Waals surface area contributed by atoms with Gasteiger partial charge >= 0.3 is 0 Å². The number of benzene rings is 3. The predicted octanol–water partition coefficient (Wildman–Crippen LogP) is 6.64. The van der Waals surface area contributed by atoms with Crippen LogP contribution in [-0.4, -0.2) is 5.71 Å². The first-order valence-electron chi connectivity index (χ1n) is 9.09. The van der Waals surface area contributed by atoms with Gasteiger partial charge in [0.05, 0.1) is 5.71 Å². The Balaban J connectivity index is 2.00. The molecular weight excluding hydrogens is 314 g/mol. The van der Waals surface area contributed by atoms with E-state index in [1.54, 1.807) is 0 Å². The van der Waals surface area contributed by atoms with Crippen molar-refractivity contribution < 1.29 is 0 Å². The van der Waals surface area contributed by atoms with Crippen molar-refractivity contribution in [2.24, 2.45) is 0 Å². The highest BCUT2D eigenvalue weighted by Crippen LogP contribution is 2.42. The van der Waals surface area contributed by atoms with Crippen LogP contribution in [0.2, 0.25) is 0 Å². The summed E-state index contributed by atoms with van der Waals surface area (Å²) in [4.78, 5) is 0. The van der Waals surface area contributed by atoms with E-state index in [2.05, 4.69) is 63.2 Å². The highest BCUT2D eigenvalue weighted by Gasteiger charge is 2.26. The summed E-state index contributed by atoms with van der Waals surface area (Å²) in [5.74, 6) is 0.263. The molecule has 0 bridgehead atoms. The molecule has 0 aliphatic heterocycles. The molecule has 0 heterocycles. The first-order valence-corrected chi connectivity index (χ1v) is 9.09. The van der Waals surface area contributed by atoms with Crippen LogP contribution in [0.5, 0.6) is 0 Å². The fourth-order valence-corrected chi connectivity index (χ4v) is 4.14. The summed E-state index contributed by atoms with van der Waals surface area (Å²) < 4.78 is 0. The summed E-state index contributed by atoms with van der Waals surface area (Å²) in [7, 11) is 0. The lowest BCUT2D eigenvalue weighted by molar-refractivity contribution is 0.938. The second kappa shape index (κ2) is 6.42. The normalized spacial score (nSPS) is 16.9. The Morgan fingerprint density at radius 1 is 0.808 bits per heavy atom. The molecule has 0 saturated carbocycles. The molecule has 3 aromatic rings. The van der Waals surface area contributed by atoms with Gasteiger partial charge in [0.1, 0.15) is 0 Å². The lowest BCUT2D eigenvalue weighted by atomic mass is 9.81. The molecule has 128 valence electrons. The first kappa shape index (κ1) is 16.5. The molecule has 1 heteroatoms. The van der Waals surface area contributed by atoms with Crippen LogP contribution < -0.4 is 0 Å². The zero-order valence-corrected chi connectivity index (χ0v) is 15.5. The van der Waals surface area contributed by atoms with Gasteiger partial charge in [-0.05, 0) is 37.1 Å². The maximum absolute atomic E-state index is 9.00. The fourth-order valence-electron chi connectivity index (χ4n) is 4.14. The molecule has 0 spiro atoms. The van der Waals surface area contributed by atoms with Gasteiger partial charge in [0.2, 0.25) is 0 Å². The largest absolute Gasteiger partial charge is 0.300 e. The van der Waals surface area contributed by atoms with Crippen molar-refractivity contribution >= 4 is 16.5 Å². The smallest absolute Gasteiger partial charge is 0.0693 e. The molecule has 1 aliphatic rings. The van der Waals surface area contributed by atoms with Gasteiger partial charge in [-0.3, -0.25) is 5.41 Å². The molecular formula is C25H23N. The number of hydrogen-bond acceptors (Lipinski definition) is 1. The summed E-state index contributed by atoms with van der Waals surface area (Å²) >= 11 is 0. The molecule has 1 nitrogen and oxygen atoms in total. The van der Waals surface area contributed by atoms with Crippen molar-refractivity contribution in [2.75, 3.05) is 0 Å². The zero-order chi connectivity index (χ0) is 18.3. The molecule has 0 fully saturated rings. The van der Waals surface area contributed by atoms with E-state index in [-0.39, 0.29) is 5.92 Å². The third-order valence-corrected chi connectivity index (χ3v) is 5.54. The predicted molar refractivity (Wildman–Crippen MR) is 111 cm³/mol. The van der Waals surface area contributed by atoms with E-state index in [4.69, 9.17) is 5.41 Å². The van der Waals surface area contributed by atoms with Crippen LogP contribution in [0.15, 0.2) is 89.5 Å². The second-order valence-corrected chi connectivity index (χ2v) is 7.18. The number of rotatable bonds is 3. The van der Waals surface area contributed by atoms with Gasteiger partial charge in [0.25, 0.3) is 0 Å². The Labute approximate surface area is 155 Å². The van der Waals surface area contributed by atoms with Crippen LogP contribution in [0.1, 0.15) is 43.4 Å². The Bertz CT molecular complexity index is 1070. The fraction of sp³-hybridized carbons (Fsp3) is 0.160. The Morgan fingerprint density at radius 2 is 1.50 bits per heavy atom. The van der Waals surface area contributed by atoms with Crippen molar-refractivity contribution in [3.05, 3.63) is 106 Å². The second-order valence-electron chi connectivity index (χ2n) is 7.18. The molecule has 0 radical (unpaired) electrons. The topological polar surface area (TPSA) is 23.9 Å². The van der Waals surface area contributed by atoms with Crippen molar-refractivity contribution in [2.45, 2.75) is 26.7 Å². The Morgan fingerprint density at radius 3 is 2.19 bits per heavy atom. The number of hydrogen-bond donors (Lipinski definition) is 1. The molecule has 1 aliphatic carbocycles. The van der Waals surface area contributed by atoms with E-state index in [9.17, 15) is 0 Å². The van der Waals surface area contributed by atoms with Gasteiger partial charge in [0.15, 0.2) is 0 Å². The SMILES string of the molecule is CC1=CC(C)=C(C)C1c1ccc2ccccc2c1C(=N)c1ccccc1. The minimum atomic E-state index is 0.263.